The number of nitriles is 1. The van der Waals surface area contributed by atoms with Crippen molar-refractivity contribution in [1.29, 1.82) is 5.26 Å². The normalized spacial score (nSPS) is 16.7. The van der Waals surface area contributed by atoms with Gasteiger partial charge in [-0.05, 0) is 68.8 Å². The molecule has 2 nitrogen and oxygen atoms in total. The number of hydrogen-bond acceptors (Lipinski definition) is 2. The minimum Gasteiger partial charge on any atom is -0.299 e. The van der Waals surface area contributed by atoms with Gasteiger partial charge >= 0.3 is 0 Å². The molecular formula is C27H34Br2N2. The average molecular weight is 546 g/mol. The lowest BCUT2D eigenvalue weighted by molar-refractivity contribution is 0.210. The van der Waals surface area contributed by atoms with Gasteiger partial charge in [-0.2, -0.15) is 5.26 Å². The molecule has 1 unspecified atom stereocenters. The first kappa shape index (κ1) is 24.5. The van der Waals surface area contributed by atoms with Crippen molar-refractivity contribution >= 4 is 31.9 Å². The van der Waals surface area contributed by atoms with Crippen LogP contribution in [-0.4, -0.2) is 18.0 Å². The maximum atomic E-state index is 10.6. The Hall–Kier alpha value is -1.15. The predicted molar refractivity (Wildman–Crippen MR) is 137 cm³/mol. The van der Waals surface area contributed by atoms with Crippen LogP contribution in [0, 0.1) is 17.2 Å². The molecule has 2 aromatic carbocycles. The van der Waals surface area contributed by atoms with Crippen LogP contribution < -0.4 is 0 Å². The summed E-state index contributed by atoms with van der Waals surface area (Å²) in [5.74, 6) is 0.426. The van der Waals surface area contributed by atoms with Crippen LogP contribution in [0.2, 0.25) is 0 Å². The molecule has 0 saturated heterocycles. The van der Waals surface area contributed by atoms with Crippen molar-refractivity contribution in [3.05, 3.63) is 68.6 Å². The molecule has 1 saturated carbocycles. The summed E-state index contributed by atoms with van der Waals surface area (Å²) in [6.45, 7) is 5.35. The molecule has 0 heterocycles. The highest BCUT2D eigenvalue weighted by atomic mass is 79.9. The lowest BCUT2D eigenvalue weighted by Crippen LogP contribution is -2.37. The standard InChI is InChI=1S/C27H34Br2N2/c1-2-18-31(20-22-11-5-3-6-12-22)19-10-17-27(21-30,23-13-7-4-8-14-23)26-24(28)15-9-16-25(26)29/h3,5-6,9,11-12,15-16,23H,2,4,7-8,10,13-14,17-20H2,1H3. The van der Waals surface area contributed by atoms with Gasteiger partial charge in [-0.1, -0.05) is 94.4 Å². The van der Waals surface area contributed by atoms with E-state index in [1.165, 1.54) is 24.8 Å². The summed E-state index contributed by atoms with van der Waals surface area (Å²) in [7, 11) is 0. The largest absolute Gasteiger partial charge is 0.299 e. The second kappa shape index (κ2) is 12.2. The molecule has 1 aliphatic rings. The fourth-order valence-corrected chi connectivity index (χ4v) is 6.97. The van der Waals surface area contributed by atoms with Crippen LogP contribution in [0.5, 0.6) is 0 Å². The van der Waals surface area contributed by atoms with Gasteiger partial charge in [0.05, 0.1) is 11.5 Å². The van der Waals surface area contributed by atoms with E-state index in [9.17, 15) is 5.26 Å². The molecule has 2 aromatic rings. The molecule has 0 spiro atoms. The van der Waals surface area contributed by atoms with Gasteiger partial charge in [-0.25, -0.2) is 0 Å². The van der Waals surface area contributed by atoms with Crippen LogP contribution in [0.1, 0.15) is 69.4 Å². The van der Waals surface area contributed by atoms with E-state index in [1.807, 2.05) is 6.07 Å². The first-order valence-corrected chi connectivity index (χ1v) is 13.3. The number of rotatable bonds is 10. The van der Waals surface area contributed by atoms with E-state index in [2.05, 4.69) is 92.2 Å². The van der Waals surface area contributed by atoms with E-state index in [-0.39, 0.29) is 0 Å². The van der Waals surface area contributed by atoms with Gasteiger partial charge in [-0.3, -0.25) is 4.90 Å². The number of benzene rings is 2. The Kier molecular flexibility index (Phi) is 9.63. The molecule has 4 heteroatoms. The molecule has 0 N–H and O–H groups in total. The second-order valence-corrected chi connectivity index (χ2v) is 10.6. The highest BCUT2D eigenvalue weighted by molar-refractivity contribution is 9.11. The Balaban J connectivity index is 1.80. The zero-order valence-corrected chi connectivity index (χ0v) is 21.8. The fraction of sp³-hybridized carbons (Fsp3) is 0.519. The zero-order valence-electron chi connectivity index (χ0n) is 18.6. The van der Waals surface area contributed by atoms with E-state index in [1.54, 1.807) is 0 Å². The predicted octanol–water partition coefficient (Wildman–Crippen LogP) is 8.25. The third-order valence-electron chi connectivity index (χ3n) is 6.74. The first-order chi connectivity index (χ1) is 15.1. The van der Waals surface area contributed by atoms with Crippen molar-refractivity contribution in [1.82, 2.24) is 4.90 Å². The van der Waals surface area contributed by atoms with Gasteiger partial charge in [0.1, 0.15) is 0 Å². The minimum absolute atomic E-state index is 0.426. The third-order valence-corrected chi connectivity index (χ3v) is 8.07. The highest BCUT2D eigenvalue weighted by Crippen LogP contribution is 2.48. The Morgan fingerprint density at radius 3 is 2.26 bits per heavy atom. The van der Waals surface area contributed by atoms with Crippen LogP contribution in [0.25, 0.3) is 0 Å². The quantitative estimate of drug-likeness (QED) is 0.300. The van der Waals surface area contributed by atoms with E-state index >= 15 is 0 Å². The summed E-state index contributed by atoms with van der Waals surface area (Å²) in [4.78, 5) is 2.55. The Labute approximate surface area is 205 Å². The average Bonchev–Trinajstić information content (AvgIpc) is 2.79. The third kappa shape index (κ3) is 6.21. The Morgan fingerprint density at radius 2 is 1.65 bits per heavy atom. The van der Waals surface area contributed by atoms with Crippen molar-refractivity contribution in [2.24, 2.45) is 5.92 Å². The van der Waals surface area contributed by atoms with Gasteiger partial charge in [0.15, 0.2) is 0 Å². The smallest absolute Gasteiger partial charge is 0.0872 e. The topological polar surface area (TPSA) is 27.0 Å². The van der Waals surface area contributed by atoms with Crippen LogP contribution in [0.3, 0.4) is 0 Å². The second-order valence-electron chi connectivity index (χ2n) is 8.88. The van der Waals surface area contributed by atoms with E-state index in [4.69, 9.17) is 0 Å². The van der Waals surface area contributed by atoms with Gasteiger partial charge in [0.25, 0.3) is 0 Å². The maximum absolute atomic E-state index is 10.6. The van der Waals surface area contributed by atoms with Crippen LogP contribution in [0.4, 0.5) is 0 Å². The number of halogens is 2. The lowest BCUT2D eigenvalue weighted by atomic mass is 9.63. The number of hydrogen-bond donors (Lipinski definition) is 0. The Bertz CT molecular complexity index is 835. The van der Waals surface area contributed by atoms with Crippen molar-refractivity contribution in [3.8, 4) is 6.07 Å². The minimum atomic E-state index is -0.440. The first-order valence-electron chi connectivity index (χ1n) is 11.7. The molecule has 1 fully saturated rings. The van der Waals surface area contributed by atoms with Crippen molar-refractivity contribution in [2.45, 2.75) is 70.3 Å². The van der Waals surface area contributed by atoms with Crippen LogP contribution >= 0.6 is 31.9 Å². The Morgan fingerprint density at radius 1 is 0.968 bits per heavy atom. The molecule has 0 bridgehead atoms. The van der Waals surface area contributed by atoms with Crippen LogP contribution in [0.15, 0.2) is 57.5 Å². The summed E-state index contributed by atoms with van der Waals surface area (Å²) in [5, 5.41) is 10.6. The van der Waals surface area contributed by atoms with E-state index < -0.39 is 5.41 Å². The van der Waals surface area contributed by atoms with E-state index in [0.29, 0.717) is 5.92 Å². The van der Waals surface area contributed by atoms with Gasteiger partial charge in [0.2, 0.25) is 0 Å². The van der Waals surface area contributed by atoms with Gasteiger partial charge < -0.3 is 0 Å². The summed E-state index contributed by atoms with van der Waals surface area (Å²) >= 11 is 7.58. The van der Waals surface area contributed by atoms with Crippen molar-refractivity contribution in [2.75, 3.05) is 13.1 Å². The molecular weight excluding hydrogens is 512 g/mol. The molecule has 0 amide bonds. The van der Waals surface area contributed by atoms with Crippen molar-refractivity contribution in [3.63, 3.8) is 0 Å². The summed E-state index contributed by atoms with van der Waals surface area (Å²) in [6.07, 6.45) is 9.19. The highest BCUT2D eigenvalue weighted by Gasteiger charge is 2.43. The summed E-state index contributed by atoms with van der Waals surface area (Å²) < 4.78 is 2.12. The molecule has 1 aliphatic carbocycles. The molecule has 1 atom stereocenters. The maximum Gasteiger partial charge on any atom is 0.0872 e. The van der Waals surface area contributed by atoms with Crippen LogP contribution in [-0.2, 0) is 12.0 Å². The SMILES string of the molecule is CCCN(CCCC(C#N)(c1c(Br)cccc1Br)C1CCCCC1)Cc1ccccc1. The van der Waals surface area contributed by atoms with Gasteiger partial charge in [0, 0.05) is 21.1 Å². The zero-order chi connectivity index (χ0) is 22.1. The van der Waals surface area contributed by atoms with E-state index in [0.717, 1.165) is 66.2 Å². The fourth-order valence-electron chi connectivity index (χ4n) is 5.26. The van der Waals surface area contributed by atoms with Gasteiger partial charge in [-0.15, -0.1) is 0 Å². The molecule has 0 aromatic heterocycles. The summed E-state index contributed by atoms with van der Waals surface area (Å²) in [5.41, 5.74) is 2.09. The monoisotopic (exact) mass is 544 g/mol. The molecule has 0 aliphatic heterocycles. The molecule has 3 rings (SSSR count). The lowest BCUT2D eigenvalue weighted by Gasteiger charge is -2.39. The molecule has 31 heavy (non-hydrogen) atoms. The molecule has 0 radical (unpaired) electrons. The van der Waals surface area contributed by atoms with Crippen molar-refractivity contribution < 1.29 is 0 Å². The summed E-state index contributed by atoms with van der Waals surface area (Å²) in [6, 6.07) is 19.8. The molecule has 166 valence electrons. The number of nitrogens with zero attached hydrogens (tertiary/aromatic N) is 2.